The Morgan fingerprint density at radius 2 is 1.57 bits per heavy atom. The van der Waals surface area contributed by atoms with Crippen molar-refractivity contribution in [2.45, 2.75) is 32.2 Å². The van der Waals surface area contributed by atoms with Crippen molar-refractivity contribution in [2.24, 2.45) is 0 Å². The summed E-state index contributed by atoms with van der Waals surface area (Å²) in [6, 6.07) is 10.8. The Hall–Kier alpha value is -1.93. The summed E-state index contributed by atoms with van der Waals surface area (Å²) in [5.74, 6) is 0.482. The maximum absolute atomic E-state index is 11.1. The quantitative estimate of drug-likeness (QED) is 0.177. The van der Waals surface area contributed by atoms with Gasteiger partial charge in [0.05, 0.1) is 23.3 Å². The summed E-state index contributed by atoms with van der Waals surface area (Å²) in [6.45, 7) is 0.919. The highest BCUT2D eigenvalue weighted by Crippen LogP contribution is 2.41. The van der Waals surface area contributed by atoms with E-state index in [2.05, 4.69) is 0 Å². The number of hydrogen-bond donors (Lipinski definition) is 2. The number of hydrogen-bond acceptors (Lipinski definition) is 7. The molecule has 0 fully saturated rings. The highest BCUT2D eigenvalue weighted by Gasteiger charge is 2.29. The summed E-state index contributed by atoms with van der Waals surface area (Å²) in [5.41, 5.74) is 1.63. The van der Waals surface area contributed by atoms with Crippen molar-refractivity contribution in [3.8, 4) is 5.75 Å². The molecule has 0 amide bonds. The fourth-order valence-electron chi connectivity index (χ4n) is 4.04. The fourth-order valence-corrected chi connectivity index (χ4v) is 6.60. The summed E-state index contributed by atoms with van der Waals surface area (Å²) in [4.78, 5) is 1.91. The summed E-state index contributed by atoms with van der Waals surface area (Å²) in [5, 5.41) is 1.92. The highest BCUT2D eigenvalue weighted by molar-refractivity contribution is 7.86. The molecule has 0 unspecified atom stereocenters. The molecule has 1 aliphatic rings. The van der Waals surface area contributed by atoms with E-state index in [0.29, 0.717) is 54.0 Å². The van der Waals surface area contributed by atoms with Gasteiger partial charge in [-0.15, -0.1) is 0 Å². The molecular formula is C23H25Cl2N2O7S3+. The lowest BCUT2D eigenvalue weighted by Crippen LogP contribution is -2.35. The zero-order chi connectivity index (χ0) is 26.8. The second kappa shape index (κ2) is 11.4. The van der Waals surface area contributed by atoms with E-state index in [0.717, 1.165) is 20.9 Å². The first kappa shape index (κ1) is 28.1. The molecule has 37 heavy (non-hydrogen) atoms. The predicted octanol–water partition coefficient (Wildman–Crippen LogP) is 5.03. The third-order valence-electron chi connectivity index (χ3n) is 5.70. The van der Waals surface area contributed by atoms with E-state index in [1.807, 2.05) is 27.7 Å². The minimum atomic E-state index is -4.04. The molecule has 0 aliphatic carbocycles. The molecule has 1 aromatic heterocycles. The lowest BCUT2D eigenvalue weighted by molar-refractivity contribution is -0.669. The van der Waals surface area contributed by atoms with Crippen LogP contribution in [0.1, 0.15) is 30.7 Å². The standard InChI is InChI=1S/C23H24Cl2N2O7S3/c24-16-5-7-20-18(13-16)26(9-1-3-11-36(28,29)30)22(34-20)15-23-27(10-2-4-12-37(31,32)33)19-14-17(25)6-8-21(19)35-23/h5-8,13-15H,1-4,9-12H2,(H-,28,29,30,31,32,33)/p+1. The maximum Gasteiger partial charge on any atom is 0.268 e. The number of thiazole rings is 1. The number of fused-ring (bicyclic) bond motifs is 2. The lowest BCUT2D eigenvalue weighted by atomic mass is 10.2. The minimum absolute atomic E-state index is 0.271. The molecule has 4 rings (SSSR count). The monoisotopic (exact) mass is 607 g/mol. The Labute approximate surface area is 229 Å². The van der Waals surface area contributed by atoms with Crippen molar-refractivity contribution in [1.29, 1.82) is 0 Å². The molecular weight excluding hydrogens is 583 g/mol. The van der Waals surface area contributed by atoms with Crippen molar-refractivity contribution >= 4 is 76.8 Å². The SMILES string of the molecule is O=S(=O)(O)CCCCN1C(=Cc2sc3ccc(Cl)cc3[n+]2CCCCS(=O)(=O)O)Oc2ccc(Cl)cc21. The number of aromatic nitrogens is 1. The van der Waals surface area contributed by atoms with Crippen LogP contribution in [-0.2, 0) is 26.8 Å². The molecule has 14 heteroatoms. The average molecular weight is 609 g/mol. The third kappa shape index (κ3) is 7.56. The van der Waals surface area contributed by atoms with Gasteiger partial charge in [0.1, 0.15) is 4.70 Å². The molecule has 0 saturated carbocycles. The van der Waals surface area contributed by atoms with Gasteiger partial charge >= 0.3 is 0 Å². The smallest absolute Gasteiger partial charge is 0.268 e. The van der Waals surface area contributed by atoms with Gasteiger partial charge in [-0.2, -0.15) is 21.4 Å². The maximum atomic E-state index is 11.1. The van der Waals surface area contributed by atoms with Crippen LogP contribution in [0.25, 0.3) is 16.3 Å². The molecule has 0 atom stereocenters. The summed E-state index contributed by atoms with van der Waals surface area (Å²) in [6.07, 6.45) is 3.42. The molecule has 0 bridgehead atoms. The summed E-state index contributed by atoms with van der Waals surface area (Å²) < 4.78 is 71.7. The first-order valence-electron chi connectivity index (χ1n) is 11.4. The van der Waals surface area contributed by atoms with Crippen molar-refractivity contribution in [3.05, 3.63) is 57.3 Å². The first-order valence-corrected chi connectivity index (χ1v) is 16.2. The average Bonchev–Trinajstić information content (AvgIpc) is 3.30. The Morgan fingerprint density at radius 1 is 0.919 bits per heavy atom. The van der Waals surface area contributed by atoms with Crippen molar-refractivity contribution in [1.82, 2.24) is 0 Å². The van der Waals surface area contributed by atoms with Crippen molar-refractivity contribution in [3.63, 3.8) is 0 Å². The summed E-state index contributed by atoms with van der Waals surface area (Å²) in [7, 11) is -8.08. The number of unbranched alkanes of at least 4 members (excludes halogenated alkanes) is 2. The first-order chi connectivity index (χ1) is 17.4. The van der Waals surface area contributed by atoms with E-state index in [-0.39, 0.29) is 17.9 Å². The number of rotatable bonds is 11. The number of ether oxygens (including phenoxy) is 1. The second-order valence-electron chi connectivity index (χ2n) is 8.54. The van der Waals surface area contributed by atoms with Crippen molar-refractivity contribution < 1.29 is 35.2 Å². The van der Waals surface area contributed by atoms with Crippen LogP contribution in [0.5, 0.6) is 5.75 Å². The lowest BCUT2D eigenvalue weighted by Gasteiger charge is -2.18. The van der Waals surface area contributed by atoms with Gasteiger partial charge in [-0.25, -0.2) is 0 Å². The molecule has 1 aliphatic heterocycles. The molecule has 0 radical (unpaired) electrons. The van der Waals surface area contributed by atoms with Gasteiger partial charge in [0.15, 0.2) is 12.3 Å². The van der Waals surface area contributed by atoms with Gasteiger partial charge in [-0.3, -0.25) is 9.11 Å². The van der Waals surface area contributed by atoms with Crippen LogP contribution in [0.3, 0.4) is 0 Å². The van der Waals surface area contributed by atoms with Crippen LogP contribution < -0.4 is 14.2 Å². The number of aryl methyl sites for hydroxylation is 1. The van der Waals surface area contributed by atoms with Gasteiger partial charge in [0.2, 0.25) is 11.4 Å². The molecule has 2 N–H and O–H groups in total. The van der Waals surface area contributed by atoms with Crippen LogP contribution in [0.15, 0.2) is 42.3 Å². The predicted molar refractivity (Wildman–Crippen MR) is 146 cm³/mol. The van der Waals surface area contributed by atoms with Crippen LogP contribution >= 0.6 is 34.5 Å². The number of halogens is 2. The van der Waals surface area contributed by atoms with Crippen LogP contribution in [0.2, 0.25) is 10.0 Å². The Kier molecular flexibility index (Phi) is 8.68. The van der Waals surface area contributed by atoms with Crippen LogP contribution in [0.4, 0.5) is 5.69 Å². The molecule has 200 valence electrons. The largest absolute Gasteiger partial charge is 0.438 e. The molecule has 3 aromatic rings. The van der Waals surface area contributed by atoms with Crippen LogP contribution in [0, 0.1) is 0 Å². The van der Waals surface area contributed by atoms with E-state index in [1.165, 1.54) is 11.3 Å². The van der Waals surface area contributed by atoms with E-state index in [9.17, 15) is 16.8 Å². The van der Waals surface area contributed by atoms with Gasteiger partial charge in [0, 0.05) is 29.1 Å². The van der Waals surface area contributed by atoms with Gasteiger partial charge in [-0.1, -0.05) is 34.5 Å². The molecule has 0 saturated heterocycles. The highest BCUT2D eigenvalue weighted by atomic mass is 35.5. The van der Waals surface area contributed by atoms with Crippen molar-refractivity contribution in [2.75, 3.05) is 23.0 Å². The number of nitrogens with zero attached hydrogens (tertiary/aromatic N) is 2. The van der Waals surface area contributed by atoms with Gasteiger partial charge < -0.3 is 9.64 Å². The normalized spacial score (nSPS) is 14.9. The zero-order valence-corrected chi connectivity index (χ0v) is 23.5. The third-order valence-corrected chi connectivity index (χ3v) is 8.89. The molecule has 2 aromatic carbocycles. The van der Waals surface area contributed by atoms with Gasteiger partial charge in [0.25, 0.3) is 25.2 Å². The summed E-state index contributed by atoms with van der Waals surface area (Å²) >= 11 is 14.0. The Morgan fingerprint density at radius 3 is 2.27 bits per heavy atom. The van der Waals surface area contributed by atoms with E-state index >= 15 is 0 Å². The Bertz CT molecular complexity index is 1550. The van der Waals surface area contributed by atoms with Crippen LogP contribution in [-0.4, -0.2) is 44.0 Å². The number of anilines is 1. The van der Waals surface area contributed by atoms with E-state index in [1.54, 1.807) is 24.3 Å². The number of benzene rings is 2. The Balaban J connectivity index is 1.66. The zero-order valence-electron chi connectivity index (χ0n) is 19.5. The molecule has 2 heterocycles. The van der Waals surface area contributed by atoms with E-state index < -0.39 is 20.2 Å². The topological polar surface area (TPSA) is 125 Å². The fraction of sp³-hybridized carbons (Fsp3) is 0.348. The second-order valence-corrected chi connectivity index (χ2v) is 13.6. The molecule has 9 nitrogen and oxygen atoms in total. The van der Waals surface area contributed by atoms with Gasteiger partial charge in [-0.05, 0) is 49.6 Å². The minimum Gasteiger partial charge on any atom is -0.438 e. The van der Waals surface area contributed by atoms with E-state index in [4.69, 9.17) is 37.0 Å². The molecule has 0 spiro atoms.